The highest BCUT2D eigenvalue weighted by atomic mass is 16.3. The Bertz CT molecular complexity index is 440. The minimum Gasteiger partial charge on any atom is -0.392 e. The number of aliphatic hydroxyl groups excluding tert-OH is 1. The molecule has 0 fully saturated rings. The zero-order valence-corrected chi connectivity index (χ0v) is 11.1. The van der Waals surface area contributed by atoms with Crippen LogP contribution in [0.3, 0.4) is 0 Å². The van der Waals surface area contributed by atoms with Crippen LogP contribution in [0.15, 0.2) is 23.3 Å². The van der Waals surface area contributed by atoms with Crippen LogP contribution in [0.5, 0.6) is 0 Å². The highest BCUT2D eigenvalue weighted by Gasteiger charge is 1.95. The number of aliphatic imine (C=N–C) groups is 1. The first-order chi connectivity index (χ1) is 8.61. The molecule has 4 heteroatoms. The summed E-state index contributed by atoms with van der Waals surface area (Å²) in [4.78, 5) is 10.2. The van der Waals surface area contributed by atoms with Crippen LogP contribution in [0.4, 0.5) is 5.82 Å². The lowest BCUT2D eigenvalue weighted by atomic mass is 10.2. The van der Waals surface area contributed by atoms with Gasteiger partial charge in [-0.2, -0.15) is 0 Å². The van der Waals surface area contributed by atoms with Gasteiger partial charge in [-0.25, -0.2) is 9.98 Å². The van der Waals surface area contributed by atoms with Crippen LogP contribution < -0.4 is 0 Å². The number of rotatable bonds is 4. The van der Waals surface area contributed by atoms with Crippen LogP contribution in [-0.4, -0.2) is 41.5 Å². The molecular formula is C14H19N3O. The van der Waals surface area contributed by atoms with E-state index in [1.165, 1.54) is 0 Å². The monoisotopic (exact) mass is 245 g/mol. The van der Waals surface area contributed by atoms with Gasteiger partial charge < -0.3 is 10.0 Å². The van der Waals surface area contributed by atoms with Crippen LogP contribution in [0.2, 0.25) is 0 Å². The summed E-state index contributed by atoms with van der Waals surface area (Å²) in [7, 11) is 3.81. The molecule has 1 aromatic heterocycles. The van der Waals surface area contributed by atoms with E-state index in [1.807, 2.05) is 38.1 Å². The molecule has 0 saturated heterocycles. The Morgan fingerprint density at radius 2 is 2.28 bits per heavy atom. The van der Waals surface area contributed by atoms with Gasteiger partial charge in [-0.15, -0.1) is 0 Å². The number of hydrogen-bond acceptors (Lipinski definition) is 3. The summed E-state index contributed by atoms with van der Waals surface area (Å²) in [5.41, 5.74) is 0.835. The summed E-state index contributed by atoms with van der Waals surface area (Å²) >= 11 is 0. The smallest absolute Gasteiger partial charge is 0.153 e. The number of aliphatic hydroxyl groups is 1. The van der Waals surface area contributed by atoms with E-state index < -0.39 is 0 Å². The molecule has 0 bridgehead atoms. The van der Waals surface area contributed by atoms with E-state index in [-0.39, 0.29) is 6.10 Å². The Kier molecular flexibility index (Phi) is 5.89. The molecule has 0 spiro atoms. The fraction of sp³-hybridized carbons (Fsp3) is 0.429. The largest absolute Gasteiger partial charge is 0.392 e. The van der Waals surface area contributed by atoms with E-state index in [0.29, 0.717) is 12.2 Å². The van der Waals surface area contributed by atoms with E-state index in [0.717, 1.165) is 12.0 Å². The lowest BCUT2D eigenvalue weighted by molar-refractivity contribution is 0.176. The second-order valence-corrected chi connectivity index (χ2v) is 4.18. The van der Waals surface area contributed by atoms with Crippen molar-refractivity contribution >= 4 is 12.2 Å². The van der Waals surface area contributed by atoms with Crippen molar-refractivity contribution in [1.82, 2.24) is 9.88 Å². The maximum atomic E-state index is 9.36. The van der Waals surface area contributed by atoms with Crippen LogP contribution in [-0.2, 0) is 0 Å². The standard InChI is InChI=1S/C14H19N3O/c1-4-13(18)7-5-6-12-8-9-14(15-10-12)16-11-17(2)3/h8-11,13,18H,4,7H2,1-3H3/t13-/m1/s1. The molecule has 1 heterocycles. The molecule has 1 atom stereocenters. The van der Waals surface area contributed by atoms with Gasteiger partial charge in [-0.1, -0.05) is 18.8 Å². The van der Waals surface area contributed by atoms with Crippen molar-refractivity contribution in [3.63, 3.8) is 0 Å². The third-order valence-corrected chi connectivity index (χ3v) is 2.21. The Hall–Kier alpha value is -1.86. The van der Waals surface area contributed by atoms with Crippen molar-refractivity contribution in [2.75, 3.05) is 14.1 Å². The van der Waals surface area contributed by atoms with E-state index >= 15 is 0 Å². The Morgan fingerprint density at radius 3 is 2.83 bits per heavy atom. The zero-order chi connectivity index (χ0) is 13.4. The fourth-order valence-electron chi connectivity index (χ4n) is 1.13. The minimum atomic E-state index is -0.338. The average Bonchev–Trinajstić information content (AvgIpc) is 2.37. The summed E-state index contributed by atoms with van der Waals surface area (Å²) in [5, 5.41) is 9.36. The van der Waals surface area contributed by atoms with Gasteiger partial charge in [0, 0.05) is 32.3 Å². The second kappa shape index (κ2) is 7.46. The molecule has 0 aliphatic rings. The summed E-state index contributed by atoms with van der Waals surface area (Å²) in [6.07, 6.45) is 4.27. The van der Waals surface area contributed by atoms with E-state index in [4.69, 9.17) is 0 Å². The lowest BCUT2D eigenvalue weighted by Gasteiger charge is -2.01. The molecule has 0 aromatic carbocycles. The van der Waals surface area contributed by atoms with Crippen molar-refractivity contribution < 1.29 is 5.11 Å². The second-order valence-electron chi connectivity index (χ2n) is 4.18. The van der Waals surface area contributed by atoms with Crippen LogP contribution in [0.1, 0.15) is 25.3 Å². The van der Waals surface area contributed by atoms with E-state index in [9.17, 15) is 5.11 Å². The lowest BCUT2D eigenvalue weighted by Crippen LogP contribution is -2.07. The van der Waals surface area contributed by atoms with Gasteiger partial charge in [0.05, 0.1) is 12.4 Å². The van der Waals surface area contributed by atoms with Crippen LogP contribution >= 0.6 is 0 Å². The molecule has 0 amide bonds. The molecule has 1 N–H and O–H groups in total. The molecule has 0 aliphatic carbocycles. The summed E-state index contributed by atoms with van der Waals surface area (Å²) < 4.78 is 0. The third-order valence-electron chi connectivity index (χ3n) is 2.21. The van der Waals surface area contributed by atoms with Crippen molar-refractivity contribution in [3.8, 4) is 11.8 Å². The van der Waals surface area contributed by atoms with Crippen molar-refractivity contribution in [3.05, 3.63) is 23.9 Å². The summed E-state index contributed by atoms with van der Waals surface area (Å²) in [5.74, 6) is 6.56. The summed E-state index contributed by atoms with van der Waals surface area (Å²) in [6, 6.07) is 3.70. The molecule has 4 nitrogen and oxygen atoms in total. The van der Waals surface area contributed by atoms with Crippen molar-refractivity contribution in [2.24, 2.45) is 4.99 Å². The maximum absolute atomic E-state index is 9.36. The van der Waals surface area contributed by atoms with Gasteiger partial charge in [-0.05, 0) is 18.6 Å². The van der Waals surface area contributed by atoms with Crippen LogP contribution in [0, 0.1) is 11.8 Å². The predicted molar refractivity (Wildman–Crippen MR) is 73.9 cm³/mol. The van der Waals surface area contributed by atoms with Crippen molar-refractivity contribution in [2.45, 2.75) is 25.9 Å². The topological polar surface area (TPSA) is 48.7 Å². The Labute approximate surface area is 108 Å². The zero-order valence-electron chi connectivity index (χ0n) is 11.1. The van der Waals surface area contributed by atoms with E-state index in [2.05, 4.69) is 21.8 Å². The molecule has 18 heavy (non-hydrogen) atoms. The molecule has 0 radical (unpaired) electrons. The Morgan fingerprint density at radius 1 is 1.50 bits per heavy atom. The molecule has 1 aromatic rings. The van der Waals surface area contributed by atoms with Crippen molar-refractivity contribution in [1.29, 1.82) is 0 Å². The first kappa shape index (κ1) is 14.2. The quantitative estimate of drug-likeness (QED) is 0.500. The molecule has 1 rings (SSSR count). The highest BCUT2D eigenvalue weighted by Crippen LogP contribution is 2.07. The van der Waals surface area contributed by atoms with Gasteiger partial charge in [0.2, 0.25) is 0 Å². The minimum absolute atomic E-state index is 0.338. The molecule has 96 valence electrons. The Balaban J connectivity index is 2.60. The molecule has 0 aliphatic heterocycles. The first-order valence-corrected chi connectivity index (χ1v) is 5.95. The SMILES string of the molecule is CC[C@@H](O)CC#Cc1ccc(N=CN(C)C)nc1. The molecular weight excluding hydrogens is 226 g/mol. The van der Waals surface area contributed by atoms with Gasteiger partial charge in [0.15, 0.2) is 5.82 Å². The normalized spacial score (nSPS) is 12.0. The van der Waals surface area contributed by atoms with Gasteiger partial charge in [-0.3, -0.25) is 0 Å². The number of aromatic nitrogens is 1. The predicted octanol–water partition coefficient (Wildman–Crippen LogP) is 1.82. The van der Waals surface area contributed by atoms with Gasteiger partial charge in [0.1, 0.15) is 0 Å². The summed E-state index contributed by atoms with van der Waals surface area (Å²) in [6.45, 7) is 1.94. The molecule has 0 unspecified atom stereocenters. The van der Waals surface area contributed by atoms with Gasteiger partial charge >= 0.3 is 0 Å². The first-order valence-electron chi connectivity index (χ1n) is 5.95. The highest BCUT2D eigenvalue weighted by molar-refractivity contribution is 5.59. The number of nitrogens with zero attached hydrogens (tertiary/aromatic N) is 3. The maximum Gasteiger partial charge on any atom is 0.153 e. The number of pyridine rings is 1. The molecule has 0 saturated carbocycles. The third kappa shape index (κ3) is 5.46. The number of hydrogen-bond donors (Lipinski definition) is 1. The van der Waals surface area contributed by atoms with Gasteiger partial charge in [0.25, 0.3) is 0 Å². The van der Waals surface area contributed by atoms with Crippen LogP contribution in [0.25, 0.3) is 0 Å². The fourth-order valence-corrected chi connectivity index (χ4v) is 1.13. The average molecular weight is 245 g/mol. The van der Waals surface area contributed by atoms with E-state index in [1.54, 1.807) is 12.5 Å².